The van der Waals surface area contributed by atoms with Crippen molar-refractivity contribution in [1.82, 2.24) is 0 Å². The third-order valence-corrected chi connectivity index (χ3v) is 7.86. The topological polar surface area (TPSA) is 93.0 Å². The lowest BCUT2D eigenvalue weighted by Crippen LogP contribution is -1.90. The van der Waals surface area contributed by atoms with Crippen LogP contribution >= 0.6 is 0 Å². The van der Waals surface area contributed by atoms with Crippen LogP contribution in [0.2, 0.25) is 0 Å². The van der Waals surface area contributed by atoms with Gasteiger partial charge in [0.2, 0.25) is 0 Å². The smallest absolute Gasteiger partial charge is 0.166 e. The van der Waals surface area contributed by atoms with E-state index in [0.29, 0.717) is 16.7 Å². The van der Waals surface area contributed by atoms with Crippen molar-refractivity contribution in [3.8, 4) is 56.4 Å². The van der Waals surface area contributed by atoms with Crippen LogP contribution in [0, 0.1) is 19.8 Å². The molecule has 0 bridgehead atoms. The van der Waals surface area contributed by atoms with Gasteiger partial charge in [0, 0.05) is 28.1 Å². The highest BCUT2D eigenvalue weighted by molar-refractivity contribution is 5.82. The van der Waals surface area contributed by atoms with Crippen molar-refractivity contribution >= 4 is 11.4 Å². The molecule has 0 heterocycles. The lowest BCUT2D eigenvalue weighted by Gasteiger charge is -2.15. The summed E-state index contributed by atoms with van der Waals surface area (Å²) in [4.78, 5) is 0. The van der Waals surface area contributed by atoms with Gasteiger partial charge in [-0.15, -0.1) is 0 Å². The van der Waals surface area contributed by atoms with E-state index in [4.69, 9.17) is 0 Å². The molecular weight excluding hydrogens is 546 g/mol. The Kier molecular flexibility index (Phi) is 9.06. The van der Waals surface area contributed by atoms with Crippen LogP contribution in [0.5, 0.6) is 23.0 Å². The van der Waals surface area contributed by atoms with Crippen LogP contribution in [0.15, 0.2) is 121 Å². The molecule has 222 valence electrons. The fraction of sp³-hybridized carbons (Fsp3) is 0.128. The second kappa shape index (κ2) is 13.3. The first-order valence-corrected chi connectivity index (χ1v) is 14.7. The van der Waals surface area contributed by atoms with Crippen molar-refractivity contribution in [2.75, 3.05) is 5.32 Å². The summed E-state index contributed by atoms with van der Waals surface area (Å²) in [6, 6.07) is 31.1. The van der Waals surface area contributed by atoms with Gasteiger partial charge >= 0.3 is 0 Å². The molecule has 1 unspecified atom stereocenters. The molecule has 0 saturated carbocycles. The number of benzene rings is 5. The molecule has 5 nitrogen and oxygen atoms in total. The second-order valence-corrected chi connectivity index (χ2v) is 11.1. The third-order valence-electron chi connectivity index (χ3n) is 7.86. The Morgan fingerprint density at radius 3 is 1.41 bits per heavy atom. The van der Waals surface area contributed by atoms with E-state index in [2.05, 4.69) is 72.9 Å². The summed E-state index contributed by atoms with van der Waals surface area (Å²) in [5.74, 6) is 0.455. The van der Waals surface area contributed by atoms with E-state index in [-0.39, 0.29) is 28.6 Å². The fourth-order valence-electron chi connectivity index (χ4n) is 5.18. The van der Waals surface area contributed by atoms with Crippen LogP contribution in [0.3, 0.4) is 0 Å². The quantitative estimate of drug-likeness (QED) is 0.105. The molecule has 44 heavy (non-hydrogen) atoms. The van der Waals surface area contributed by atoms with Crippen LogP contribution in [-0.2, 0) is 0 Å². The molecule has 0 amide bonds. The van der Waals surface area contributed by atoms with Gasteiger partial charge in [0.1, 0.15) is 11.5 Å². The summed E-state index contributed by atoms with van der Waals surface area (Å²) in [6.45, 7) is 5.51. The Morgan fingerprint density at radius 2 is 0.977 bits per heavy atom. The van der Waals surface area contributed by atoms with Crippen LogP contribution in [0.1, 0.15) is 24.5 Å². The second-order valence-electron chi connectivity index (χ2n) is 11.1. The summed E-state index contributed by atoms with van der Waals surface area (Å²) < 4.78 is 0. The molecule has 0 aliphatic heterocycles. The van der Waals surface area contributed by atoms with Crippen LogP contribution in [0.25, 0.3) is 33.4 Å². The van der Waals surface area contributed by atoms with Gasteiger partial charge in [-0.25, -0.2) is 0 Å². The summed E-state index contributed by atoms with van der Waals surface area (Å²) >= 11 is 0. The zero-order valence-electron chi connectivity index (χ0n) is 25.1. The number of anilines is 2. The Bertz CT molecular complexity index is 1760. The number of aromatic hydroxyl groups is 4. The Balaban J connectivity index is 0.000000484. The highest BCUT2D eigenvalue weighted by atomic mass is 16.3. The van der Waals surface area contributed by atoms with Gasteiger partial charge in [-0.3, -0.25) is 0 Å². The van der Waals surface area contributed by atoms with Crippen molar-refractivity contribution in [3.63, 3.8) is 0 Å². The molecule has 5 heteroatoms. The monoisotopic (exact) mass is 583 g/mol. The van der Waals surface area contributed by atoms with Gasteiger partial charge in [-0.2, -0.15) is 0 Å². The van der Waals surface area contributed by atoms with Gasteiger partial charge in [-0.1, -0.05) is 91.9 Å². The van der Waals surface area contributed by atoms with Gasteiger partial charge in [-0.05, 0) is 90.4 Å². The number of hydrogen-bond acceptors (Lipinski definition) is 5. The first-order chi connectivity index (χ1) is 21.2. The van der Waals surface area contributed by atoms with E-state index >= 15 is 0 Å². The molecule has 5 N–H and O–H groups in total. The maximum Gasteiger partial charge on any atom is 0.166 e. The number of rotatable bonds is 5. The van der Waals surface area contributed by atoms with Crippen LogP contribution in [-0.4, -0.2) is 20.4 Å². The Hall–Kier alpha value is -5.42. The van der Waals surface area contributed by atoms with E-state index in [1.54, 1.807) is 26.0 Å². The minimum atomic E-state index is -0.304. The fourth-order valence-corrected chi connectivity index (χ4v) is 5.18. The molecule has 0 saturated heterocycles. The molecule has 5 aromatic rings. The standard InChI is InChI=1S/C32H27NO4.C7H10/c1-19-29(32(37)31(36)20(2)30(19)35)25-9-7-23(8-10-25)21-3-5-22(6-4-21)24-11-13-26(14-12-24)33-27-15-17-28(34)18-16-27;1-7-5-3-2-4-6-7/h3-18,33-37H,1-2H3;2-5,7H,6H2,1H3. The van der Waals surface area contributed by atoms with Gasteiger partial charge in [0.25, 0.3) is 0 Å². The van der Waals surface area contributed by atoms with E-state index in [0.717, 1.165) is 39.5 Å². The molecule has 1 aliphatic rings. The molecule has 1 aliphatic carbocycles. The number of phenolic OH excluding ortho intramolecular Hbond substituents is 4. The molecule has 0 aromatic heterocycles. The Morgan fingerprint density at radius 1 is 0.523 bits per heavy atom. The molecule has 6 rings (SSSR count). The Labute approximate surface area is 258 Å². The molecule has 0 radical (unpaired) electrons. The maximum absolute atomic E-state index is 10.5. The highest BCUT2D eigenvalue weighted by Crippen LogP contribution is 2.46. The lowest BCUT2D eigenvalue weighted by molar-refractivity contribution is 0.392. The molecule has 0 fully saturated rings. The largest absolute Gasteiger partial charge is 0.508 e. The van der Waals surface area contributed by atoms with Gasteiger partial charge in [0.15, 0.2) is 11.5 Å². The minimum absolute atomic E-state index is 0.0193. The van der Waals surface area contributed by atoms with Crippen molar-refractivity contribution in [2.24, 2.45) is 5.92 Å². The van der Waals surface area contributed by atoms with E-state index in [1.165, 1.54) is 6.42 Å². The normalized spacial score (nSPS) is 13.7. The third kappa shape index (κ3) is 6.79. The zero-order valence-corrected chi connectivity index (χ0v) is 25.1. The summed E-state index contributed by atoms with van der Waals surface area (Å²) in [5.41, 5.74) is 8.05. The highest BCUT2D eigenvalue weighted by Gasteiger charge is 2.19. The molecule has 1 atom stereocenters. The minimum Gasteiger partial charge on any atom is -0.508 e. The predicted octanol–water partition coefficient (Wildman–Crippen LogP) is 10.0. The summed E-state index contributed by atoms with van der Waals surface area (Å²) in [5, 5.41) is 43.7. The zero-order chi connectivity index (χ0) is 31.2. The summed E-state index contributed by atoms with van der Waals surface area (Å²) in [6.07, 6.45) is 9.84. The van der Waals surface area contributed by atoms with E-state index in [1.807, 2.05) is 48.5 Å². The number of hydrogen-bond donors (Lipinski definition) is 5. The van der Waals surface area contributed by atoms with Crippen LogP contribution in [0.4, 0.5) is 11.4 Å². The van der Waals surface area contributed by atoms with E-state index in [9.17, 15) is 20.4 Å². The molecule has 0 spiro atoms. The number of nitrogens with one attached hydrogen (secondary N) is 1. The number of phenols is 4. The lowest BCUT2D eigenvalue weighted by atomic mass is 9.93. The maximum atomic E-state index is 10.5. The van der Waals surface area contributed by atoms with Crippen molar-refractivity contribution in [3.05, 3.63) is 132 Å². The average molecular weight is 584 g/mol. The van der Waals surface area contributed by atoms with Crippen LogP contribution < -0.4 is 5.32 Å². The molecular formula is C39H37NO4. The molecule has 5 aromatic carbocycles. The predicted molar refractivity (Wildman–Crippen MR) is 181 cm³/mol. The van der Waals surface area contributed by atoms with Gasteiger partial charge in [0.05, 0.1) is 0 Å². The average Bonchev–Trinajstić information content (AvgIpc) is 3.05. The SMILES string of the molecule is CC1C=CC=CC1.Cc1c(O)c(C)c(-c2ccc(-c3ccc(-c4ccc(Nc5ccc(O)cc5)cc4)cc3)cc2)c(O)c1O. The van der Waals surface area contributed by atoms with Crippen molar-refractivity contribution in [2.45, 2.75) is 27.2 Å². The van der Waals surface area contributed by atoms with E-state index < -0.39 is 0 Å². The summed E-state index contributed by atoms with van der Waals surface area (Å²) in [7, 11) is 0. The van der Waals surface area contributed by atoms with Crippen molar-refractivity contribution < 1.29 is 20.4 Å². The van der Waals surface area contributed by atoms with Gasteiger partial charge < -0.3 is 25.7 Å². The first-order valence-electron chi connectivity index (χ1n) is 14.7. The number of allylic oxidation sites excluding steroid dienone is 4. The van der Waals surface area contributed by atoms with Crippen molar-refractivity contribution in [1.29, 1.82) is 0 Å². The first kappa shape index (κ1) is 30.1.